The Balaban J connectivity index is 1.41. The Hall–Kier alpha value is -2.76. The van der Waals surface area contributed by atoms with Crippen LogP contribution in [-0.2, 0) is 11.4 Å². The van der Waals surface area contributed by atoms with E-state index in [1.54, 1.807) is 6.07 Å². The Morgan fingerprint density at radius 1 is 1.25 bits per heavy atom. The van der Waals surface area contributed by atoms with E-state index in [0.29, 0.717) is 37.6 Å². The average molecular weight is 382 g/mol. The van der Waals surface area contributed by atoms with Crippen LogP contribution in [-0.4, -0.2) is 47.8 Å². The fourth-order valence-corrected chi connectivity index (χ4v) is 4.19. The summed E-state index contributed by atoms with van der Waals surface area (Å²) in [4.78, 5) is 28.5. The molecule has 0 radical (unpaired) electrons. The van der Waals surface area contributed by atoms with E-state index in [2.05, 4.69) is 0 Å². The van der Waals surface area contributed by atoms with Crippen molar-refractivity contribution in [3.63, 3.8) is 0 Å². The maximum Gasteiger partial charge on any atom is 0.289 e. The minimum atomic E-state index is -0.106. The second-order valence-corrected chi connectivity index (χ2v) is 7.87. The fraction of sp³-hybridized carbons (Fsp3) is 0.455. The minimum absolute atomic E-state index is 0.106. The number of piperidine rings is 1. The molecule has 0 spiro atoms. The van der Waals surface area contributed by atoms with Crippen LogP contribution in [0.15, 0.2) is 34.7 Å². The second kappa shape index (κ2) is 7.34. The number of carbonyl (C=O) groups is 2. The van der Waals surface area contributed by atoms with Crippen molar-refractivity contribution in [3.8, 4) is 5.75 Å². The number of hydrogen-bond acceptors (Lipinski definition) is 4. The van der Waals surface area contributed by atoms with Crippen LogP contribution in [0.4, 0.5) is 0 Å². The normalized spacial score (nSPS) is 21.8. The Bertz CT molecular complexity index is 886. The fourth-order valence-electron chi connectivity index (χ4n) is 4.19. The first-order valence-electron chi connectivity index (χ1n) is 9.76. The molecule has 2 amide bonds. The van der Waals surface area contributed by atoms with Gasteiger partial charge in [-0.3, -0.25) is 9.59 Å². The molecule has 2 aromatic rings. The SMILES string of the molecule is Cc1ccc(OCc2cc(C(=O)N3CC[C@H]4[C@H](CC(=O)N4C)C3)oc2C)cc1. The number of benzene rings is 1. The van der Waals surface area contributed by atoms with Gasteiger partial charge in [0.2, 0.25) is 5.91 Å². The average Bonchev–Trinajstić information content (AvgIpc) is 3.20. The van der Waals surface area contributed by atoms with E-state index in [9.17, 15) is 9.59 Å². The lowest BCUT2D eigenvalue weighted by Gasteiger charge is -2.36. The molecule has 6 nitrogen and oxygen atoms in total. The van der Waals surface area contributed by atoms with Crippen molar-refractivity contribution in [2.75, 3.05) is 20.1 Å². The van der Waals surface area contributed by atoms with E-state index in [1.165, 1.54) is 5.56 Å². The van der Waals surface area contributed by atoms with Crippen LogP contribution in [0.5, 0.6) is 5.75 Å². The molecule has 0 unspecified atom stereocenters. The Labute approximate surface area is 165 Å². The highest BCUT2D eigenvalue weighted by atomic mass is 16.5. The third kappa shape index (κ3) is 3.51. The minimum Gasteiger partial charge on any atom is -0.489 e. The molecule has 2 atom stereocenters. The molecule has 2 aliphatic heterocycles. The zero-order valence-electron chi connectivity index (χ0n) is 16.6. The number of aryl methyl sites for hydroxylation is 2. The van der Waals surface area contributed by atoms with Gasteiger partial charge in [0.25, 0.3) is 5.91 Å². The van der Waals surface area contributed by atoms with Crippen molar-refractivity contribution < 1.29 is 18.7 Å². The van der Waals surface area contributed by atoms with Crippen molar-refractivity contribution in [3.05, 3.63) is 53.0 Å². The lowest BCUT2D eigenvalue weighted by atomic mass is 9.93. The van der Waals surface area contributed by atoms with Gasteiger partial charge in [-0.05, 0) is 38.5 Å². The number of likely N-dealkylation sites (tertiary alicyclic amines) is 2. The predicted molar refractivity (Wildman–Crippen MR) is 104 cm³/mol. The first kappa shape index (κ1) is 18.6. The maximum absolute atomic E-state index is 12.9. The van der Waals surface area contributed by atoms with Gasteiger partial charge in [0.1, 0.15) is 18.1 Å². The van der Waals surface area contributed by atoms with Crippen LogP contribution in [0.1, 0.15) is 40.3 Å². The number of nitrogens with zero attached hydrogens (tertiary/aromatic N) is 2. The molecule has 2 fully saturated rings. The van der Waals surface area contributed by atoms with Gasteiger partial charge in [-0.1, -0.05) is 17.7 Å². The van der Waals surface area contributed by atoms with Crippen LogP contribution in [0.2, 0.25) is 0 Å². The first-order chi connectivity index (χ1) is 13.4. The van der Waals surface area contributed by atoms with E-state index >= 15 is 0 Å². The van der Waals surface area contributed by atoms with Crippen LogP contribution < -0.4 is 4.74 Å². The van der Waals surface area contributed by atoms with Crippen molar-refractivity contribution >= 4 is 11.8 Å². The van der Waals surface area contributed by atoms with Crippen molar-refractivity contribution in [1.29, 1.82) is 0 Å². The molecule has 0 saturated carbocycles. The third-order valence-corrected chi connectivity index (χ3v) is 5.96. The van der Waals surface area contributed by atoms with Gasteiger partial charge in [0, 0.05) is 44.1 Å². The highest BCUT2D eigenvalue weighted by Crippen LogP contribution is 2.32. The summed E-state index contributed by atoms with van der Waals surface area (Å²) in [6.45, 7) is 5.49. The Morgan fingerprint density at radius 2 is 2.00 bits per heavy atom. The van der Waals surface area contributed by atoms with E-state index in [0.717, 1.165) is 17.7 Å². The molecule has 3 heterocycles. The molecule has 1 aromatic carbocycles. The van der Waals surface area contributed by atoms with Crippen molar-refractivity contribution in [1.82, 2.24) is 9.80 Å². The van der Waals surface area contributed by atoms with E-state index in [1.807, 2.05) is 55.0 Å². The molecular weight excluding hydrogens is 356 g/mol. The quantitative estimate of drug-likeness (QED) is 0.815. The number of ether oxygens (including phenoxy) is 1. The number of carbonyl (C=O) groups excluding carboxylic acids is 2. The second-order valence-electron chi connectivity index (χ2n) is 7.87. The molecule has 2 saturated heterocycles. The molecule has 4 rings (SSSR count). The molecule has 28 heavy (non-hydrogen) atoms. The van der Waals surface area contributed by atoms with Gasteiger partial charge in [-0.25, -0.2) is 0 Å². The van der Waals surface area contributed by atoms with Gasteiger partial charge in [0.15, 0.2) is 5.76 Å². The number of fused-ring (bicyclic) bond motifs is 1. The van der Waals surface area contributed by atoms with Crippen LogP contribution in [0, 0.1) is 19.8 Å². The largest absolute Gasteiger partial charge is 0.489 e. The summed E-state index contributed by atoms with van der Waals surface area (Å²) in [5.41, 5.74) is 2.05. The first-order valence-corrected chi connectivity index (χ1v) is 9.76. The Kier molecular flexibility index (Phi) is 4.87. The summed E-state index contributed by atoms with van der Waals surface area (Å²) in [7, 11) is 1.86. The predicted octanol–water partition coefficient (Wildman–Crippen LogP) is 3.17. The standard InChI is InChI=1S/C22H26N2O4/c1-14-4-6-18(7-5-14)27-13-17-10-20(28-15(17)2)22(26)24-9-8-19-16(12-24)11-21(25)23(19)3/h4-7,10,16,19H,8-9,11-13H2,1-3H3/t16-,19+/m1/s1. The van der Waals surface area contributed by atoms with Crippen LogP contribution in [0.3, 0.4) is 0 Å². The Morgan fingerprint density at radius 3 is 2.75 bits per heavy atom. The van der Waals surface area contributed by atoms with Gasteiger partial charge >= 0.3 is 0 Å². The zero-order valence-corrected chi connectivity index (χ0v) is 16.6. The summed E-state index contributed by atoms with van der Waals surface area (Å²) in [6.07, 6.45) is 1.35. The highest BCUT2D eigenvalue weighted by molar-refractivity contribution is 5.92. The highest BCUT2D eigenvalue weighted by Gasteiger charge is 2.42. The lowest BCUT2D eigenvalue weighted by Crippen LogP contribution is -2.47. The van der Waals surface area contributed by atoms with Gasteiger partial charge in [-0.15, -0.1) is 0 Å². The molecular formula is C22H26N2O4. The summed E-state index contributed by atoms with van der Waals surface area (Å²) in [5, 5.41) is 0. The molecule has 148 valence electrons. The van der Waals surface area contributed by atoms with Gasteiger partial charge < -0.3 is 19.0 Å². The smallest absolute Gasteiger partial charge is 0.289 e. The van der Waals surface area contributed by atoms with E-state index in [-0.39, 0.29) is 23.8 Å². The number of hydrogen-bond donors (Lipinski definition) is 0. The molecule has 0 N–H and O–H groups in total. The third-order valence-electron chi connectivity index (χ3n) is 5.96. The maximum atomic E-state index is 12.9. The summed E-state index contributed by atoms with van der Waals surface area (Å²) in [5.74, 6) is 2.11. The zero-order chi connectivity index (χ0) is 19.8. The van der Waals surface area contributed by atoms with Gasteiger partial charge in [-0.2, -0.15) is 0 Å². The molecule has 2 aliphatic rings. The molecule has 0 bridgehead atoms. The van der Waals surface area contributed by atoms with Crippen molar-refractivity contribution in [2.45, 2.75) is 39.3 Å². The van der Waals surface area contributed by atoms with Crippen LogP contribution >= 0.6 is 0 Å². The number of amides is 2. The van der Waals surface area contributed by atoms with Crippen LogP contribution in [0.25, 0.3) is 0 Å². The molecule has 6 heteroatoms. The summed E-state index contributed by atoms with van der Waals surface area (Å²) in [6, 6.07) is 9.90. The molecule has 1 aromatic heterocycles. The van der Waals surface area contributed by atoms with Crippen molar-refractivity contribution in [2.24, 2.45) is 5.92 Å². The monoisotopic (exact) mass is 382 g/mol. The number of furan rings is 1. The van der Waals surface area contributed by atoms with E-state index < -0.39 is 0 Å². The van der Waals surface area contributed by atoms with E-state index in [4.69, 9.17) is 9.15 Å². The summed E-state index contributed by atoms with van der Waals surface area (Å²) < 4.78 is 11.6. The lowest BCUT2D eigenvalue weighted by molar-refractivity contribution is -0.127. The number of rotatable bonds is 4. The van der Waals surface area contributed by atoms with Gasteiger partial charge in [0.05, 0.1) is 0 Å². The topological polar surface area (TPSA) is 63.0 Å². The molecule has 0 aliphatic carbocycles. The summed E-state index contributed by atoms with van der Waals surface area (Å²) >= 11 is 0.